The van der Waals surface area contributed by atoms with E-state index in [2.05, 4.69) is 17.6 Å². The number of rotatable bonds is 8. The van der Waals surface area contributed by atoms with Gasteiger partial charge in [-0.05, 0) is 17.7 Å². The molecule has 0 aliphatic rings. The Morgan fingerprint density at radius 1 is 1.39 bits per heavy atom. The van der Waals surface area contributed by atoms with Crippen LogP contribution < -0.4 is 5.56 Å². The van der Waals surface area contributed by atoms with Gasteiger partial charge in [0.25, 0.3) is 5.56 Å². The molecule has 1 amide bonds. The van der Waals surface area contributed by atoms with Crippen molar-refractivity contribution in [1.29, 1.82) is 5.26 Å². The molecule has 0 N–H and O–H groups in total. The van der Waals surface area contributed by atoms with Crippen LogP contribution in [0.5, 0.6) is 0 Å². The Bertz CT molecular complexity index is 1080. The summed E-state index contributed by atoms with van der Waals surface area (Å²) in [6, 6.07) is 10.8. The van der Waals surface area contributed by atoms with Crippen molar-refractivity contribution in [2.75, 3.05) is 12.3 Å². The number of aromatic nitrogens is 2. The molecular formula is C20H18N4O2S2. The summed E-state index contributed by atoms with van der Waals surface area (Å²) in [7, 11) is 0. The first-order chi connectivity index (χ1) is 13.6. The average molecular weight is 411 g/mol. The predicted molar refractivity (Wildman–Crippen MR) is 112 cm³/mol. The van der Waals surface area contributed by atoms with Crippen molar-refractivity contribution in [1.82, 2.24) is 14.3 Å². The first-order valence-electron chi connectivity index (χ1n) is 8.52. The van der Waals surface area contributed by atoms with Crippen LogP contribution in [0.1, 0.15) is 16.8 Å². The van der Waals surface area contributed by atoms with Gasteiger partial charge < -0.3 is 4.90 Å². The topological polar surface area (TPSA) is 78.5 Å². The van der Waals surface area contributed by atoms with Crippen molar-refractivity contribution in [2.24, 2.45) is 0 Å². The number of nitriles is 1. The van der Waals surface area contributed by atoms with Crippen molar-refractivity contribution in [2.45, 2.75) is 12.3 Å². The smallest absolute Gasteiger partial charge is 0.258 e. The maximum absolute atomic E-state index is 12.6. The SMILES string of the molecule is C=CCN(Cc1ccc(C#N)cc1)C(=O)CSCc1cc(=O)n2ccsc2n1. The van der Waals surface area contributed by atoms with Crippen LogP contribution in [0.25, 0.3) is 4.96 Å². The van der Waals surface area contributed by atoms with Crippen LogP contribution in [0.3, 0.4) is 0 Å². The van der Waals surface area contributed by atoms with Crippen molar-refractivity contribution >= 4 is 34.0 Å². The Labute approximate surface area is 170 Å². The lowest BCUT2D eigenvalue weighted by atomic mass is 10.1. The molecule has 2 aromatic heterocycles. The number of hydrogen-bond acceptors (Lipinski definition) is 6. The van der Waals surface area contributed by atoms with Crippen LogP contribution in [-0.4, -0.2) is 32.5 Å². The normalized spacial score (nSPS) is 10.5. The highest BCUT2D eigenvalue weighted by molar-refractivity contribution is 7.99. The summed E-state index contributed by atoms with van der Waals surface area (Å²) >= 11 is 2.84. The fourth-order valence-electron chi connectivity index (χ4n) is 2.61. The molecule has 0 fully saturated rings. The number of carbonyl (C=O) groups excluding carboxylic acids is 1. The molecule has 0 saturated carbocycles. The Morgan fingerprint density at radius 2 is 2.18 bits per heavy atom. The van der Waals surface area contributed by atoms with Gasteiger partial charge in [-0.2, -0.15) is 5.26 Å². The number of amides is 1. The molecule has 0 radical (unpaired) electrons. The van der Waals surface area contributed by atoms with E-state index in [0.29, 0.717) is 35.1 Å². The lowest BCUT2D eigenvalue weighted by Gasteiger charge is -2.21. The Kier molecular flexibility index (Phi) is 6.63. The summed E-state index contributed by atoms with van der Waals surface area (Å²) < 4.78 is 1.51. The van der Waals surface area contributed by atoms with Crippen LogP contribution in [0.2, 0.25) is 0 Å². The maximum Gasteiger partial charge on any atom is 0.258 e. The second-order valence-corrected chi connectivity index (χ2v) is 7.86. The Morgan fingerprint density at radius 3 is 2.89 bits per heavy atom. The zero-order valence-electron chi connectivity index (χ0n) is 15.1. The minimum absolute atomic E-state index is 0.0109. The average Bonchev–Trinajstić information content (AvgIpc) is 3.17. The number of thioether (sulfide) groups is 1. The van der Waals surface area contributed by atoms with Crippen molar-refractivity contribution in [3.05, 3.63) is 81.7 Å². The van der Waals surface area contributed by atoms with E-state index in [1.165, 1.54) is 33.6 Å². The predicted octanol–water partition coefficient (Wildman–Crippen LogP) is 3.08. The van der Waals surface area contributed by atoms with Gasteiger partial charge in [0.2, 0.25) is 5.91 Å². The molecule has 3 aromatic rings. The third-order valence-corrected chi connectivity index (χ3v) is 5.70. The minimum atomic E-state index is -0.109. The summed E-state index contributed by atoms with van der Waals surface area (Å²) in [5.74, 6) is 0.771. The first-order valence-corrected chi connectivity index (χ1v) is 10.6. The van der Waals surface area contributed by atoms with E-state index >= 15 is 0 Å². The van der Waals surface area contributed by atoms with Gasteiger partial charge in [-0.1, -0.05) is 18.2 Å². The molecule has 0 spiro atoms. The summed E-state index contributed by atoms with van der Waals surface area (Å²) in [4.78, 5) is 31.4. The van der Waals surface area contributed by atoms with E-state index in [-0.39, 0.29) is 17.2 Å². The molecule has 142 valence electrons. The molecule has 28 heavy (non-hydrogen) atoms. The molecular weight excluding hydrogens is 392 g/mol. The van der Waals surface area contributed by atoms with E-state index in [1.807, 2.05) is 17.5 Å². The Balaban J connectivity index is 1.59. The van der Waals surface area contributed by atoms with E-state index in [9.17, 15) is 9.59 Å². The number of carbonyl (C=O) groups is 1. The molecule has 0 bridgehead atoms. The van der Waals surface area contributed by atoms with Crippen LogP contribution in [0.4, 0.5) is 0 Å². The maximum atomic E-state index is 12.6. The van der Waals surface area contributed by atoms with E-state index in [0.717, 1.165) is 5.56 Å². The van der Waals surface area contributed by atoms with Gasteiger partial charge in [0.15, 0.2) is 4.96 Å². The van der Waals surface area contributed by atoms with Crippen LogP contribution >= 0.6 is 23.1 Å². The van der Waals surface area contributed by atoms with Gasteiger partial charge in [-0.3, -0.25) is 14.0 Å². The number of benzene rings is 1. The quantitative estimate of drug-likeness (QED) is 0.533. The summed E-state index contributed by atoms with van der Waals surface area (Å²) in [6.07, 6.45) is 3.39. The fourth-order valence-corrected chi connectivity index (χ4v) is 4.17. The minimum Gasteiger partial charge on any atom is -0.334 e. The molecule has 0 saturated heterocycles. The number of fused-ring (bicyclic) bond motifs is 1. The van der Waals surface area contributed by atoms with Gasteiger partial charge >= 0.3 is 0 Å². The van der Waals surface area contributed by atoms with Gasteiger partial charge in [0.1, 0.15) is 0 Å². The van der Waals surface area contributed by atoms with Gasteiger partial charge in [-0.15, -0.1) is 29.7 Å². The Hall–Kier alpha value is -2.89. The highest BCUT2D eigenvalue weighted by atomic mass is 32.2. The van der Waals surface area contributed by atoms with E-state index in [4.69, 9.17) is 5.26 Å². The van der Waals surface area contributed by atoms with Crippen molar-refractivity contribution < 1.29 is 4.79 Å². The molecule has 0 atom stereocenters. The largest absolute Gasteiger partial charge is 0.334 e. The van der Waals surface area contributed by atoms with E-state index in [1.54, 1.807) is 29.3 Å². The van der Waals surface area contributed by atoms with Gasteiger partial charge in [0.05, 0.1) is 23.1 Å². The fraction of sp³-hybridized carbons (Fsp3) is 0.200. The molecule has 2 heterocycles. The molecule has 0 unspecified atom stereocenters. The highest BCUT2D eigenvalue weighted by Crippen LogP contribution is 2.14. The highest BCUT2D eigenvalue weighted by Gasteiger charge is 2.13. The van der Waals surface area contributed by atoms with Gasteiger partial charge in [-0.25, -0.2) is 4.98 Å². The lowest BCUT2D eigenvalue weighted by Crippen LogP contribution is -2.32. The van der Waals surface area contributed by atoms with E-state index < -0.39 is 0 Å². The van der Waals surface area contributed by atoms with Crippen LogP contribution in [0, 0.1) is 11.3 Å². The third kappa shape index (κ3) is 4.88. The molecule has 1 aromatic carbocycles. The number of nitrogens with zero attached hydrogens (tertiary/aromatic N) is 4. The zero-order valence-corrected chi connectivity index (χ0v) is 16.7. The summed E-state index contributed by atoms with van der Waals surface area (Å²) in [5, 5.41) is 10.7. The van der Waals surface area contributed by atoms with Crippen molar-refractivity contribution in [3.8, 4) is 6.07 Å². The molecule has 8 heteroatoms. The summed E-state index contributed by atoms with van der Waals surface area (Å²) in [5.41, 5.74) is 2.11. The third-order valence-electron chi connectivity index (χ3n) is 3.99. The van der Waals surface area contributed by atoms with Crippen molar-refractivity contribution in [3.63, 3.8) is 0 Å². The number of hydrogen-bond donors (Lipinski definition) is 0. The standard InChI is InChI=1S/C20H18N4O2S2/c1-2-7-23(12-16-5-3-15(11-21)4-6-16)19(26)14-27-13-17-10-18(25)24-8-9-28-20(24)22-17/h2-6,8-10H,1,7,12-14H2. The second-order valence-electron chi connectivity index (χ2n) is 6.01. The number of thiazole rings is 1. The lowest BCUT2D eigenvalue weighted by molar-refractivity contribution is -0.128. The summed E-state index contributed by atoms with van der Waals surface area (Å²) in [6.45, 7) is 4.62. The second kappa shape index (κ2) is 9.35. The first kappa shape index (κ1) is 19.9. The van der Waals surface area contributed by atoms with Crippen LogP contribution in [-0.2, 0) is 17.1 Å². The molecule has 0 aliphatic heterocycles. The monoisotopic (exact) mass is 410 g/mol. The molecule has 0 aliphatic carbocycles. The molecule has 3 rings (SSSR count). The molecule has 6 nitrogen and oxygen atoms in total. The zero-order chi connectivity index (χ0) is 19.9. The van der Waals surface area contributed by atoms with Crippen LogP contribution in [0.15, 0.2) is 59.4 Å². The van der Waals surface area contributed by atoms with Gasteiger partial charge in [0, 0.05) is 36.5 Å².